The zero-order valence-corrected chi connectivity index (χ0v) is 18.8. The average Bonchev–Trinajstić information content (AvgIpc) is 3.30. The molecule has 162 valence electrons. The SMILES string of the molecule is c1ccc(CCCCN2[C@H]3CC[C@@H]2c2c(n(Cc4ccccc4)c4ccccc24)C3)cc1. The van der Waals surface area contributed by atoms with Crippen LogP contribution in [0.4, 0.5) is 0 Å². The van der Waals surface area contributed by atoms with Gasteiger partial charge in [-0.2, -0.15) is 0 Å². The van der Waals surface area contributed by atoms with Crippen molar-refractivity contribution < 1.29 is 0 Å². The first-order valence-corrected chi connectivity index (χ1v) is 12.3. The summed E-state index contributed by atoms with van der Waals surface area (Å²) in [5.41, 5.74) is 7.52. The molecule has 2 aliphatic heterocycles. The van der Waals surface area contributed by atoms with Crippen LogP contribution in [0.15, 0.2) is 84.9 Å². The average molecular weight is 421 g/mol. The molecule has 6 rings (SSSR count). The molecule has 0 unspecified atom stereocenters. The highest BCUT2D eigenvalue weighted by atomic mass is 15.2. The Morgan fingerprint density at radius 2 is 1.44 bits per heavy atom. The summed E-state index contributed by atoms with van der Waals surface area (Å²) in [5, 5.41) is 1.48. The smallest absolute Gasteiger partial charge is 0.0489 e. The van der Waals surface area contributed by atoms with E-state index in [2.05, 4.69) is 94.4 Å². The number of unbranched alkanes of at least 4 members (excludes halogenated alkanes) is 1. The minimum atomic E-state index is 0.599. The molecule has 32 heavy (non-hydrogen) atoms. The molecule has 1 saturated heterocycles. The molecular formula is C30H32N2. The molecule has 1 aromatic heterocycles. The van der Waals surface area contributed by atoms with E-state index in [4.69, 9.17) is 0 Å². The minimum Gasteiger partial charge on any atom is -0.340 e. The van der Waals surface area contributed by atoms with Crippen molar-refractivity contribution in [1.29, 1.82) is 0 Å². The number of para-hydroxylation sites is 1. The van der Waals surface area contributed by atoms with E-state index in [-0.39, 0.29) is 0 Å². The van der Waals surface area contributed by atoms with Crippen molar-refractivity contribution in [1.82, 2.24) is 9.47 Å². The second-order valence-corrected chi connectivity index (χ2v) is 9.58. The van der Waals surface area contributed by atoms with Crippen molar-refractivity contribution in [3.05, 3.63) is 107 Å². The molecule has 2 heteroatoms. The predicted molar refractivity (Wildman–Crippen MR) is 133 cm³/mol. The third-order valence-electron chi connectivity index (χ3n) is 7.68. The highest BCUT2D eigenvalue weighted by Gasteiger charge is 2.42. The molecule has 4 aromatic rings. The van der Waals surface area contributed by atoms with E-state index in [9.17, 15) is 0 Å². The van der Waals surface area contributed by atoms with Crippen molar-refractivity contribution in [2.24, 2.45) is 0 Å². The van der Waals surface area contributed by atoms with Crippen LogP contribution < -0.4 is 0 Å². The Kier molecular flexibility index (Phi) is 5.32. The third kappa shape index (κ3) is 3.57. The number of aryl methyl sites for hydroxylation is 1. The maximum Gasteiger partial charge on any atom is 0.0489 e. The molecule has 1 fully saturated rings. The Balaban J connectivity index is 1.25. The molecule has 0 amide bonds. The number of aromatic nitrogens is 1. The second kappa shape index (κ2) is 8.60. The minimum absolute atomic E-state index is 0.599. The van der Waals surface area contributed by atoms with Gasteiger partial charge >= 0.3 is 0 Å². The summed E-state index contributed by atoms with van der Waals surface area (Å²) < 4.78 is 2.62. The van der Waals surface area contributed by atoms with Crippen molar-refractivity contribution in [3.63, 3.8) is 0 Å². The lowest BCUT2D eigenvalue weighted by Gasteiger charge is -2.36. The summed E-state index contributed by atoms with van der Waals surface area (Å²) in [5.74, 6) is 0. The van der Waals surface area contributed by atoms with Gasteiger partial charge in [-0.25, -0.2) is 0 Å². The van der Waals surface area contributed by atoms with Crippen molar-refractivity contribution in [2.75, 3.05) is 6.54 Å². The number of hydrogen-bond acceptors (Lipinski definition) is 1. The monoisotopic (exact) mass is 420 g/mol. The molecule has 3 heterocycles. The summed E-state index contributed by atoms with van der Waals surface area (Å²) in [4.78, 5) is 2.85. The first kappa shape index (κ1) is 19.8. The molecule has 0 N–H and O–H groups in total. The van der Waals surface area contributed by atoms with Gasteiger partial charge in [-0.15, -0.1) is 0 Å². The Labute approximate surface area is 191 Å². The quantitative estimate of drug-likeness (QED) is 0.299. The predicted octanol–water partition coefficient (Wildman–Crippen LogP) is 6.77. The van der Waals surface area contributed by atoms with Gasteiger partial charge in [-0.1, -0.05) is 78.9 Å². The van der Waals surface area contributed by atoms with E-state index in [0.29, 0.717) is 12.1 Å². The largest absolute Gasteiger partial charge is 0.340 e. The molecule has 2 aliphatic rings. The lowest BCUT2D eigenvalue weighted by Crippen LogP contribution is -2.38. The van der Waals surface area contributed by atoms with Gasteiger partial charge in [0.15, 0.2) is 0 Å². The molecule has 2 nitrogen and oxygen atoms in total. The zero-order chi connectivity index (χ0) is 21.3. The number of benzene rings is 3. The van der Waals surface area contributed by atoms with Gasteiger partial charge in [0, 0.05) is 41.6 Å². The van der Waals surface area contributed by atoms with Crippen molar-refractivity contribution >= 4 is 10.9 Å². The fourth-order valence-corrected chi connectivity index (χ4v) is 6.22. The van der Waals surface area contributed by atoms with Crippen LogP contribution in [0.1, 0.15) is 54.1 Å². The van der Waals surface area contributed by atoms with Crippen LogP contribution in [0.5, 0.6) is 0 Å². The van der Waals surface area contributed by atoms with Gasteiger partial charge in [-0.3, -0.25) is 4.90 Å². The number of fused-ring (bicyclic) bond motifs is 6. The topological polar surface area (TPSA) is 8.17 Å². The van der Waals surface area contributed by atoms with Crippen LogP contribution in [-0.2, 0) is 19.4 Å². The van der Waals surface area contributed by atoms with Crippen LogP contribution in [0.2, 0.25) is 0 Å². The lowest BCUT2D eigenvalue weighted by molar-refractivity contribution is 0.173. The Morgan fingerprint density at radius 1 is 0.719 bits per heavy atom. The van der Waals surface area contributed by atoms with E-state index < -0.39 is 0 Å². The van der Waals surface area contributed by atoms with Crippen LogP contribution in [-0.4, -0.2) is 22.1 Å². The van der Waals surface area contributed by atoms with Gasteiger partial charge < -0.3 is 4.57 Å². The first-order valence-electron chi connectivity index (χ1n) is 12.3. The van der Waals surface area contributed by atoms with E-state index in [1.165, 1.54) is 67.1 Å². The maximum absolute atomic E-state index is 2.85. The van der Waals surface area contributed by atoms with Crippen LogP contribution >= 0.6 is 0 Å². The van der Waals surface area contributed by atoms with E-state index >= 15 is 0 Å². The first-order chi connectivity index (χ1) is 15.9. The fraction of sp³-hybridized carbons (Fsp3) is 0.333. The van der Waals surface area contributed by atoms with Crippen LogP contribution in [0.25, 0.3) is 10.9 Å². The fourth-order valence-electron chi connectivity index (χ4n) is 6.22. The standard InChI is InChI=1S/C30H32N2/c1-3-11-23(12-4-1)13-9-10-20-31-25-18-19-28(31)30-26-16-7-8-17-27(26)32(29(30)21-25)22-24-14-5-2-6-15-24/h1-8,11-12,14-17,25,28H,9-10,13,18-22H2/t25-,28+/m0/s1. The van der Waals surface area contributed by atoms with Gasteiger partial charge in [0.25, 0.3) is 0 Å². The van der Waals surface area contributed by atoms with Crippen molar-refractivity contribution in [2.45, 2.75) is 57.2 Å². The molecule has 0 aliphatic carbocycles. The Morgan fingerprint density at radius 3 is 2.25 bits per heavy atom. The normalized spacial score (nSPS) is 20.0. The van der Waals surface area contributed by atoms with Gasteiger partial charge in [0.2, 0.25) is 0 Å². The van der Waals surface area contributed by atoms with Gasteiger partial charge in [0.05, 0.1) is 0 Å². The second-order valence-electron chi connectivity index (χ2n) is 9.58. The molecule has 2 atom stereocenters. The molecule has 0 saturated carbocycles. The summed E-state index contributed by atoms with van der Waals surface area (Å²) >= 11 is 0. The molecular weight excluding hydrogens is 388 g/mol. The lowest BCUT2D eigenvalue weighted by atomic mass is 9.96. The summed E-state index contributed by atoms with van der Waals surface area (Å²) in [6, 6.07) is 32.3. The van der Waals surface area contributed by atoms with Crippen LogP contribution in [0.3, 0.4) is 0 Å². The highest BCUT2D eigenvalue weighted by Crippen LogP contribution is 2.47. The van der Waals surface area contributed by atoms with E-state index in [0.717, 1.165) is 6.54 Å². The maximum atomic E-state index is 2.85. The molecule has 0 radical (unpaired) electrons. The van der Waals surface area contributed by atoms with E-state index in [1.54, 1.807) is 11.3 Å². The molecule has 0 spiro atoms. The summed E-state index contributed by atoms with van der Waals surface area (Å²) in [6.07, 6.45) is 7.63. The summed E-state index contributed by atoms with van der Waals surface area (Å²) in [7, 11) is 0. The van der Waals surface area contributed by atoms with Crippen LogP contribution in [0, 0.1) is 0 Å². The zero-order valence-electron chi connectivity index (χ0n) is 18.8. The van der Waals surface area contributed by atoms with Gasteiger partial charge in [0.1, 0.15) is 0 Å². The number of nitrogens with zero attached hydrogens (tertiary/aromatic N) is 2. The number of hydrogen-bond donors (Lipinski definition) is 0. The third-order valence-corrected chi connectivity index (χ3v) is 7.68. The Hall–Kier alpha value is -2.84. The summed E-state index contributed by atoms with van der Waals surface area (Å²) in [6.45, 7) is 2.22. The molecule has 2 bridgehead atoms. The van der Waals surface area contributed by atoms with Crippen molar-refractivity contribution in [3.8, 4) is 0 Å². The molecule has 3 aromatic carbocycles. The Bertz CT molecular complexity index is 1190. The highest BCUT2D eigenvalue weighted by molar-refractivity contribution is 5.86. The van der Waals surface area contributed by atoms with E-state index in [1.807, 2.05) is 0 Å². The number of rotatable bonds is 7. The van der Waals surface area contributed by atoms with Gasteiger partial charge in [-0.05, 0) is 61.4 Å².